The molecule has 12 heteroatoms. The van der Waals surface area contributed by atoms with Crippen molar-refractivity contribution in [1.29, 1.82) is 0 Å². The Bertz CT molecular complexity index is 1040. The molecule has 0 saturated carbocycles. The molecule has 0 fully saturated rings. The number of hydrogen-bond donors (Lipinski definition) is 1. The van der Waals surface area contributed by atoms with E-state index in [-0.39, 0.29) is 20.5 Å². The zero-order chi connectivity index (χ0) is 21.8. The number of benzene rings is 2. The molecule has 2 aromatic carbocycles. The number of nitrogens with one attached hydrogen (secondary N) is 1. The van der Waals surface area contributed by atoms with Gasteiger partial charge in [-0.05, 0) is 24.3 Å². The third-order valence-corrected chi connectivity index (χ3v) is 6.13. The van der Waals surface area contributed by atoms with Crippen molar-refractivity contribution in [2.24, 2.45) is 5.10 Å². The van der Waals surface area contributed by atoms with Gasteiger partial charge in [-0.15, -0.1) is 0 Å². The number of hydrogen-bond acceptors (Lipinski definition) is 4. The largest absolute Gasteiger partial charge is 0.417 e. The number of rotatable bonds is 6. The van der Waals surface area contributed by atoms with Gasteiger partial charge in [-0.25, -0.2) is 13.8 Å². The van der Waals surface area contributed by atoms with Crippen LogP contribution in [0, 0.1) is 0 Å². The number of carbonyl (C=O) groups excluding carboxylic acids is 1. The molecule has 0 heterocycles. The van der Waals surface area contributed by atoms with Gasteiger partial charge in [-0.2, -0.15) is 22.6 Å². The molecule has 0 atom stereocenters. The van der Waals surface area contributed by atoms with Crippen molar-refractivity contribution in [3.05, 3.63) is 63.6 Å². The van der Waals surface area contributed by atoms with E-state index in [0.29, 0.717) is 4.31 Å². The number of hydrazone groups is 1. The van der Waals surface area contributed by atoms with E-state index in [2.05, 4.69) is 5.10 Å². The van der Waals surface area contributed by atoms with E-state index in [4.69, 9.17) is 23.2 Å². The number of carbonyl (C=O) groups is 1. The summed E-state index contributed by atoms with van der Waals surface area (Å²) in [4.78, 5) is 11.7. The second-order valence-corrected chi connectivity index (χ2v) is 8.57. The third kappa shape index (κ3) is 5.92. The van der Waals surface area contributed by atoms with Crippen LogP contribution in [0.25, 0.3) is 0 Å². The number of nitrogens with zero attached hydrogens (tertiary/aromatic N) is 2. The Balaban J connectivity index is 2.08. The van der Waals surface area contributed by atoms with Gasteiger partial charge >= 0.3 is 6.18 Å². The van der Waals surface area contributed by atoms with Gasteiger partial charge in [0.05, 0.1) is 23.3 Å². The van der Waals surface area contributed by atoms with Crippen molar-refractivity contribution < 1.29 is 26.4 Å². The molecule has 0 spiro atoms. The highest BCUT2D eigenvalue weighted by Crippen LogP contribution is 2.31. The van der Waals surface area contributed by atoms with Gasteiger partial charge in [0, 0.05) is 17.6 Å². The van der Waals surface area contributed by atoms with Crippen molar-refractivity contribution in [1.82, 2.24) is 9.73 Å². The van der Waals surface area contributed by atoms with E-state index in [1.165, 1.54) is 30.3 Å². The average Bonchev–Trinajstić information content (AvgIpc) is 2.63. The summed E-state index contributed by atoms with van der Waals surface area (Å²) >= 11 is 11.7. The fourth-order valence-electron chi connectivity index (χ4n) is 2.21. The summed E-state index contributed by atoms with van der Waals surface area (Å²) in [5, 5.41) is 3.52. The standard InChI is InChI=1S/C17H14Cl2F3N3O3S/c1-25(29(27,28)15-8-12(18)6-7-14(15)19)10-16(26)24-23-9-11-4-2-3-5-13(11)17(20,21)22/h2-9H,10H2,1H3,(H,24,26)/b23-9-. The second kappa shape index (κ2) is 9.12. The van der Waals surface area contributed by atoms with Crippen LogP contribution in [-0.4, -0.2) is 38.4 Å². The van der Waals surface area contributed by atoms with Gasteiger partial charge in [-0.1, -0.05) is 41.4 Å². The highest BCUT2D eigenvalue weighted by molar-refractivity contribution is 7.89. The first-order valence-corrected chi connectivity index (χ1v) is 10.0. The summed E-state index contributed by atoms with van der Waals surface area (Å²) < 4.78 is 64.5. The summed E-state index contributed by atoms with van der Waals surface area (Å²) in [6.07, 6.45) is -3.76. The van der Waals surface area contributed by atoms with Crippen LogP contribution in [0.5, 0.6) is 0 Å². The Hall–Kier alpha value is -2.14. The molecule has 29 heavy (non-hydrogen) atoms. The van der Waals surface area contributed by atoms with Gasteiger partial charge < -0.3 is 0 Å². The maximum Gasteiger partial charge on any atom is 0.417 e. The first-order valence-electron chi connectivity index (χ1n) is 7.82. The SMILES string of the molecule is CN(CC(=O)N/N=C\c1ccccc1C(F)(F)F)S(=O)(=O)c1cc(Cl)ccc1Cl. The molecule has 156 valence electrons. The predicted molar refractivity (Wildman–Crippen MR) is 103 cm³/mol. The van der Waals surface area contributed by atoms with Gasteiger partial charge in [0.25, 0.3) is 5.91 Å². The summed E-state index contributed by atoms with van der Waals surface area (Å²) in [6, 6.07) is 8.50. The van der Waals surface area contributed by atoms with Crippen molar-refractivity contribution in [2.75, 3.05) is 13.6 Å². The molecule has 0 aliphatic carbocycles. The van der Waals surface area contributed by atoms with Crippen LogP contribution in [0.1, 0.15) is 11.1 Å². The van der Waals surface area contributed by atoms with Gasteiger partial charge in [0.15, 0.2) is 0 Å². The Kier molecular flexibility index (Phi) is 7.28. The quantitative estimate of drug-likeness (QED) is 0.518. The molecule has 0 saturated heterocycles. The van der Waals surface area contributed by atoms with E-state index in [9.17, 15) is 26.4 Å². The maximum atomic E-state index is 12.9. The van der Waals surface area contributed by atoms with Crippen molar-refractivity contribution in [3.8, 4) is 0 Å². The minimum Gasteiger partial charge on any atom is -0.272 e. The van der Waals surface area contributed by atoms with Crippen LogP contribution in [-0.2, 0) is 21.0 Å². The molecule has 1 amide bonds. The monoisotopic (exact) mass is 467 g/mol. The van der Waals surface area contributed by atoms with Crippen molar-refractivity contribution in [3.63, 3.8) is 0 Å². The van der Waals surface area contributed by atoms with Gasteiger partial charge in [0.2, 0.25) is 10.0 Å². The second-order valence-electron chi connectivity index (χ2n) is 5.71. The summed E-state index contributed by atoms with van der Waals surface area (Å²) in [5.74, 6) is -0.866. The molecule has 6 nitrogen and oxygen atoms in total. The van der Waals surface area contributed by atoms with E-state index in [1.54, 1.807) is 0 Å². The molecule has 2 rings (SSSR count). The molecule has 0 aliphatic heterocycles. The normalized spacial score (nSPS) is 12.5. The summed E-state index contributed by atoms with van der Waals surface area (Å²) in [7, 11) is -3.00. The molecule has 0 unspecified atom stereocenters. The van der Waals surface area contributed by atoms with Gasteiger partial charge in [-0.3, -0.25) is 4.79 Å². The lowest BCUT2D eigenvalue weighted by atomic mass is 10.1. The van der Waals surface area contributed by atoms with Crippen LogP contribution in [0.15, 0.2) is 52.5 Å². The van der Waals surface area contributed by atoms with E-state index >= 15 is 0 Å². The molecule has 2 aromatic rings. The van der Waals surface area contributed by atoms with Crippen LogP contribution in [0.3, 0.4) is 0 Å². The zero-order valence-electron chi connectivity index (χ0n) is 14.7. The zero-order valence-corrected chi connectivity index (χ0v) is 17.1. The molecule has 0 aliphatic rings. The fourth-order valence-corrected chi connectivity index (χ4v) is 4.07. The Morgan fingerprint density at radius 2 is 1.86 bits per heavy atom. The van der Waals surface area contributed by atoms with E-state index < -0.39 is 34.2 Å². The smallest absolute Gasteiger partial charge is 0.272 e. The minimum absolute atomic E-state index is 0.0802. The lowest BCUT2D eigenvalue weighted by Gasteiger charge is -2.17. The summed E-state index contributed by atoms with van der Waals surface area (Å²) in [6.45, 7) is -0.649. The van der Waals surface area contributed by atoms with E-state index in [1.807, 2.05) is 5.43 Å². The Morgan fingerprint density at radius 3 is 2.52 bits per heavy atom. The molecule has 0 aromatic heterocycles. The topological polar surface area (TPSA) is 78.8 Å². The third-order valence-electron chi connectivity index (χ3n) is 3.61. The molecular weight excluding hydrogens is 454 g/mol. The maximum absolute atomic E-state index is 12.9. The van der Waals surface area contributed by atoms with Crippen molar-refractivity contribution >= 4 is 45.3 Å². The fraction of sp³-hybridized carbons (Fsp3) is 0.176. The van der Waals surface area contributed by atoms with Crippen LogP contribution in [0.2, 0.25) is 10.0 Å². The highest BCUT2D eigenvalue weighted by Gasteiger charge is 2.32. The highest BCUT2D eigenvalue weighted by atomic mass is 35.5. The molecular formula is C17H14Cl2F3N3O3S. The first-order chi connectivity index (χ1) is 13.4. The lowest BCUT2D eigenvalue weighted by Crippen LogP contribution is -2.36. The number of amides is 1. The molecule has 0 bridgehead atoms. The lowest BCUT2D eigenvalue weighted by molar-refractivity contribution is -0.137. The molecule has 1 N–H and O–H groups in total. The van der Waals surface area contributed by atoms with Crippen molar-refractivity contribution in [2.45, 2.75) is 11.1 Å². The molecule has 0 radical (unpaired) electrons. The van der Waals surface area contributed by atoms with Crippen LogP contribution >= 0.6 is 23.2 Å². The number of sulfonamides is 1. The number of likely N-dealkylation sites (N-methyl/N-ethyl adjacent to an activating group) is 1. The van der Waals surface area contributed by atoms with Gasteiger partial charge in [0.1, 0.15) is 4.90 Å². The van der Waals surface area contributed by atoms with E-state index in [0.717, 1.165) is 25.4 Å². The van der Waals surface area contributed by atoms with Crippen LogP contribution in [0.4, 0.5) is 13.2 Å². The Labute approximate surface area is 175 Å². The van der Waals surface area contributed by atoms with Crippen LogP contribution < -0.4 is 5.43 Å². The minimum atomic E-state index is -4.59. The Morgan fingerprint density at radius 1 is 1.21 bits per heavy atom. The predicted octanol–water partition coefficient (Wildman–Crippen LogP) is 3.78. The average molecular weight is 468 g/mol. The number of alkyl halides is 3. The first kappa shape index (κ1) is 23.1. The summed E-state index contributed by atoms with van der Waals surface area (Å²) in [5.41, 5.74) is 0.808. The number of halogens is 5.